The minimum Gasteiger partial charge on any atom is -0.507 e. The van der Waals surface area contributed by atoms with Crippen molar-refractivity contribution in [3.8, 4) is 16.9 Å². The van der Waals surface area contributed by atoms with Gasteiger partial charge in [-0.1, -0.05) is 54.6 Å². The van der Waals surface area contributed by atoms with Crippen molar-refractivity contribution in [2.24, 2.45) is 0 Å². The topological polar surface area (TPSA) is 20.2 Å². The van der Waals surface area contributed by atoms with Crippen LogP contribution in [0.5, 0.6) is 5.75 Å². The molecular weight excluding hydrogens is 659 g/mol. The number of phenolic OH excluding ortho intramolecular Hbond substituents is 1. The molecule has 0 aliphatic rings. The molecule has 0 unspecified atom stereocenters. The fraction of sp³-hybridized carbons (Fsp3) is 0.125. The molecule has 0 saturated heterocycles. The molecule has 0 bridgehead atoms. The Morgan fingerprint density at radius 2 is 0.870 bits per heavy atom. The van der Waals surface area contributed by atoms with Gasteiger partial charge in [0.25, 0.3) is 0 Å². The van der Waals surface area contributed by atoms with Gasteiger partial charge >= 0.3 is 24.7 Å². The highest BCUT2D eigenvalue weighted by Crippen LogP contribution is 2.46. The van der Waals surface area contributed by atoms with Crippen molar-refractivity contribution >= 4 is 34.6 Å². The highest BCUT2D eigenvalue weighted by Gasteiger charge is 2.41. The van der Waals surface area contributed by atoms with Crippen LogP contribution in [-0.2, 0) is 24.7 Å². The van der Waals surface area contributed by atoms with Crippen molar-refractivity contribution in [2.75, 3.05) is 0 Å². The normalized spacial score (nSPS) is 13.1. The van der Waals surface area contributed by atoms with Gasteiger partial charge in [0.1, 0.15) is 5.75 Å². The van der Waals surface area contributed by atoms with Gasteiger partial charge in [0, 0.05) is 5.56 Å². The molecule has 5 rings (SSSR count). The maximum atomic E-state index is 13.9. The van der Waals surface area contributed by atoms with Crippen LogP contribution in [0.15, 0.2) is 97.1 Å². The molecular formula is C32H17F12OP. The number of rotatable bonds is 4. The smallest absolute Gasteiger partial charge is 0.416 e. The van der Waals surface area contributed by atoms with E-state index in [0.29, 0.717) is 10.8 Å². The van der Waals surface area contributed by atoms with E-state index in [1.54, 1.807) is 24.3 Å². The summed E-state index contributed by atoms with van der Waals surface area (Å²) < 4.78 is 167. The number of halogens is 12. The number of hydrogen-bond acceptors (Lipinski definition) is 1. The second kappa shape index (κ2) is 11.5. The SMILES string of the molecule is Oc1ccc2ccccc2c1-c1ccccc1P(c1cc(C(F)(F)F)cc(C(F)(F)F)c1)c1cc(C(F)(F)F)cc(C(F)(F)F)c1. The zero-order valence-corrected chi connectivity index (χ0v) is 23.6. The Morgan fingerprint density at radius 1 is 0.457 bits per heavy atom. The van der Waals surface area contributed by atoms with Crippen molar-refractivity contribution in [3.05, 3.63) is 119 Å². The van der Waals surface area contributed by atoms with E-state index >= 15 is 0 Å². The first-order valence-corrected chi connectivity index (χ1v) is 14.3. The van der Waals surface area contributed by atoms with Crippen LogP contribution >= 0.6 is 7.92 Å². The monoisotopic (exact) mass is 676 g/mol. The van der Waals surface area contributed by atoms with Crippen molar-refractivity contribution in [1.29, 1.82) is 0 Å². The van der Waals surface area contributed by atoms with Crippen LogP contribution in [0.4, 0.5) is 52.7 Å². The average molecular weight is 676 g/mol. The predicted octanol–water partition coefficient (Wildman–Crippen LogP) is 10.0. The first-order valence-electron chi connectivity index (χ1n) is 12.9. The molecule has 0 saturated carbocycles. The molecule has 240 valence electrons. The zero-order chi connectivity index (χ0) is 33.8. The second-order valence-electron chi connectivity index (χ2n) is 10.1. The van der Waals surface area contributed by atoms with E-state index in [9.17, 15) is 57.8 Å². The minimum atomic E-state index is -5.37. The van der Waals surface area contributed by atoms with Gasteiger partial charge in [-0.15, -0.1) is 0 Å². The molecule has 0 spiro atoms. The Bertz CT molecular complexity index is 1780. The fourth-order valence-corrected chi connectivity index (χ4v) is 7.58. The molecule has 46 heavy (non-hydrogen) atoms. The van der Waals surface area contributed by atoms with Gasteiger partial charge in [-0.05, 0) is 82.6 Å². The summed E-state index contributed by atoms with van der Waals surface area (Å²) in [6, 6.07) is 15.1. The van der Waals surface area contributed by atoms with E-state index in [1.807, 2.05) is 0 Å². The molecule has 0 fully saturated rings. The standard InChI is InChI=1S/C32H17F12OP/c33-29(34,35)18-11-19(30(36,37)38)14-22(13-18)46(23-15-20(31(39,40)41)12-21(16-23)32(42,43)44)27-8-4-3-7-25(27)28-24-6-2-1-5-17(24)9-10-26(28)45/h1-16,45H. The van der Waals surface area contributed by atoms with Crippen LogP contribution in [-0.4, -0.2) is 5.11 Å². The summed E-state index contributed by atoms with van der Waals surface area (Å²) in [5.41, 5.74) is -7.24. The molecule has 0 atom stereocenters. The van der Waals surface area contributed by atoms with Gasteiger partial charge in [0.05, 0.1) is 22.3 Å². The van der Waals surface area contributed by atoms with Crippen molar-refractivity contribution < 1.29 is 57.8 Å². The first-order chi connectivity index (χ1) is 21.2. The Balaban J connectivity index is 1.94. The molecule has 0 aliphatic heterocycles. The lowest BCUT2D eigenvalue weighted by atomic mass is 9.97. The fourth-order valence-electron chi connectivity index (χ4n) is 4.99. The predicted molar refractivity (Wildman–Crippen MR) is 150 cm³/mol. The van der Waals surface area contributed by atoms with E-state index in [-0.39, 0.29) is 52.8 Å². The van der Waals surface area contributed by atoms with Crippen molar-refractivity contribution in [3.63, 3.8) is 0 Å². The number of hydrogen-bond donors (Lipinski definition) is 1. The van der Waals surface area contributed by atoms with Gasteiger partial charge in [-0.2, -0.15) is 52.7 Å². The largest absolute Gasteiger partial charge is 0.507 e. The minimum absolute atomic E-state index is 0.0206. The summed E-state index contributed by atoms with van der Waals surface area (Å²) in [6.07, 6.45) is -21.5. The lowest BCUT2D eigenvalue weighted by Crippen LogP contribution is -2.27. The van der Waals surface area contributed by atoms with Gasteiger partial charge in [-0.3, -0.25) is 0 Å². The Morgan fingerprint density at radius 3 is 1.33 bits per heavy atom. The molecule has 0 radical (unpaired) electrons. The van der Waals surface area contributed by atoms with E-state index in [1.165, 1.54) is 36.4 Å². The second-order valence-corrected chi connectivity index (χ2v) is 12.2. The molecule has 0 heterocycles. The van der Waals surface area contributed by atoms with Crippen LogP contribution in [0.25, 0.3) is 21.9 Å². The third kappa shape index (κ3) is 6.65. The highest BCUT2D eigenvalue weighted by atomic mass is 31.1. The van der Waals surface area contributed by atoms with Crippen LogP contribution in [0.2, 0.25) is 0 Å². The van der Waals surface area contributed by atoms with Crippen molar-refractivity contribution in [1.82, 2.24) is 0 Å². The first kappa shape index (κ1) is 33.1. The van der Waals surface area contributed by atoms with Crippen molar-refractivity contribution in [2.45, 2.75) is 24.7 Å². The number of benzene rings is 5. The molecule has 0 aromatic heterocycles. The third-order valence-electron chi connectivity index (χ3n) is 6.98. The Kier molecular flexibility index (Phi) is 8.30. The summed E-state index contributed by atoms with van der Waals surface area (Å²) in [5.74, 6) is -0.402. The molecule has 1 nitrogen and oxygen atoms in total. The van der Waals surface area contributed by atoms with Gasteiger partial charge in [0.15, 0.2) is 0 Å². The molecule has 1 N–H and O–H groups in total. The van der Waals surface area contributed by atoms with Gasteiger partial charge in [-0.25, -0.2) is 0 Å². The summed E-state index contributed by atoms with van der Waals surface area (Å²) in [6.45, 7) is 0. The Labute approximate surface area is 253 Å². The van der Waals surface area contributed by atoms with Gasteiger partial charge < -0.3 is 5.11 Å². The summed E-state index contributed by atoms with van der Waals surface area (Å²) >= 11 is 0. The molecule has 14 heteroatoms. The third-order valence-corrected chi connectivity index (χ3v) is 9.40. The molecule has 0 amide bonds. The summed E-state index contributed by atoms with van der Waals surface area (Å²) in [4.78, 5) is 0. The lowest BCUT2D eigenvalue weighted by molar-refractivity contribution is -0.144. The Hall–Kier alpha value is -4.25. The van der Waals surface area contributed by atoms with Crippen LogP contribution in [0, 0.1) is 0 Å². The summed E-state index contributed by atoms with van der Waals surface area (Å²) in [7, 11) is -3.02. The maximum Gasteiger partial charge on any atom is 0.416 e. The quantitative estimate of drug-likeness (QED) is 0.149. The lowest BCUT2D eigenvalue weighted by Gasteiger charge is -2.26. The molecule has 5 aromatic carbocycles. The maximum absolute atomic E-state index is 13.9. The molecule has 0 aliphatic carbocycles. The van der Waals surface area contributed by atoms with E-state index in [2.05, 4.69) is 0 Å². The molecule has 5 aromatic rings. The van der Waals surface area contributed by atoms with E-state index < -0.39 is 71.2 Å². The number of alkyl halides is 12. The van der Waals surface area contributed by atoms with Crippen LogP contribution < -0.4 is 15.9 Å². The van der Waals surface area contributed by atoms with Crippen LogP contribution in [0.1, 0.15) is 22.3 Å². The number of fused-ring (bicyclic) bond motifs is 1. The van der Waals surface area contributed by atoms with Gasteiger partial charge in [0.2, 0.25) is 0 Å². The van der Waals surface area contributed by atoms with E-state index in [0.717, 1.165) is 0 Å². The van der Waals surface area contributed by atoms with E-state index in [4.69, 9.17) is 0 Å². The van der Waals surface area contributed by atoms with Crippen LogP contribution in [0.3, 0.4) is 0 Å². The average Bonchev–Trinajstić information content (AvgIpc) is 2.96. The zero-order valence-electron chi connectivity index (χ0n) is 22.7. The summed E-state index contributed by atoms with van der Waals surface area (Å²) in [5, 5.41) is 9.96. The highest BCUT2D eigenvalue weighted by molar-refractivity contribution is 7.80. The number of phenols is 1. The number of aromatic hydroxyl groups is 1.